The summed E-state index contributed by atoms with van der Waals surface area (Å²) in [6.07, 6.45) is 9.04. The van der Waals surface area contributed by atoms with Crippen molar-refractivity contribution in [2.45, 2.75) is 57.5 Å². The maximum atomic E-state index is 12.2. The molecule has 1 unspecified atom stereocenters. The van der Waals surface area contributed by atoms with Gasteiger partial charge in [-0.2, -0.15) is 0 Å². The number of aliphatic imine (C=N–C) groups is 1. The van der Waals surface area contributed by atoms with E-state index in [1.807, 2.05) is 12.1 Å². The lowest BCUT2D eigenvalue weighted by molar-refractivity contribution is -0.116. The Kier molecular flexibility index (Phi) is 9.30. The monoisotopic (exact) mass is 526 g/mol. The van der Waals surface area contributed by atoms with Gasteiger partial charge in [0.25, 0.3) is 0 Å². The van der Waals surface area contributed by atoms with Crippen LogP contribution in [0.2, 0.25) is 0 Å². The van der Waals surface area contributed by atoms with Gasteiger partial charge in [0, 0.05) is 36.6 Å². The minimum Gasteiger partial charge on any atom is -0.393 e. The van der Waals surface area contributed by atoms with Crippen LogP contribution in [-0.2, 0) is 28.9 Å². The average molecular weight is 527 g/mol. The molecule has 1 aliphatic heterocycles. The van der Waals surface area contributed by atoms with Crippen molar-refractivity contribution in [1.29, 1.82) is 0 Å². The van der Waals surface area contributed by atoms with E-state index in [0.29, 0.717) is 41.6 Å². The Morgan fingerprint density at radius 2 is 1.61 bits per heavy atom. The normalized spacial score (nSPS) is 13.8. The van der Waals surface area contributed by atoms with Crippen molar-refractivity contribution in [2.24, 2.45) is 4.99 Å². The van der Waals surface area contributed by atoms with Crippen LogP contribution < -0.4 is 10.6 Å². The zero-order valence-corrected chi connectivity index (χ0v) is 21.1. The first-order valence-electron chi connectivity index (χ1n) is 11.6. The van der Waals surface area contributed by atoms with Crippen molar-refractivity contribution in [3.05, 3.63) is 52.4 Å². The predicted molar refractivity (Wildman–Crippen MR) is 138 cm³/mol. The van der Waals surface area contributed by atoms with E-state index in [-0.39, 0.29) is 24.7 Å². The number of aryl methyl sites for hydroxylation is 2. The van der Waals surface area contributed by atoms with E-state index in [2.05, 4.69) is 41.0 Å². The third-order valence-corrected chi connectivity index (χ3v) is 7.00. The van der Waals surface area contributed by atoms with Crippen LogP contribution in [0.1, 0.15) is 47.8 Å². The number of nitrogens with zero attached hydrogens (tertiary/aromatic N) is 6. The van der Waals surface area contributed by atoms with Crippen LogP contribution in [0, 0.1) is 0 Å². The van der Waals surface area contributed by atoms with Gasteiger partial charge in [-0.1, -0.05) is 34.8 Å². The number of amides is 2. The standard InChI is InChI=1S/C23H26N8O3S2/c32-17(7-9-20-28-30-22(35-20)26-18(33)13-15-5-1-3-11-24-15)8-10-21-29-31-23(36-21)27-19(34)14-16-6-2-4-12-25-16/h1,3-5,11-12,17,32H,2,6-10,13-14H2,(H,26,30,33)(H,27,31,34). The molecule has 0 fully saturated rings. The fraction of sp³-hybridized carbons (Fsp3) is 0.391. The Balaban J connectivity index is 1.14. The molecule has 3 N–H and O–H groups in total. The van der Waals surface area contributed by atoms with Gasteiger partial charge in [0.2, 0.25) is 22.1 Å². The van der Waals surface area contributed by atoms with Gasteiger partial charge in [0.05, 0.1) is 18.9 Å². The molecule has 4 rings (SSSR count). The van der Waals surface area contributed by atoms with Gasteiger partial charge in [-0.3, -0.25) is 19.6 Å². The van der Waals surface area contributed by atoms with Crippen LogP contribution >= 0.6 is 22.7 Å². The molecule has 3 aromatic rings. The molecular formula is C23H26N8O3S2. The number of aliphatic hydroxyl groups is 1. The summed E-state index contributed by atoms with van der Waals surface area (Å²) in [5, 5.41) is 34.4. The summed E-state index contributed by atoms with van der Waals surface area (Å²) in [6, 6.07) is 5.42. The Morgan fingerprint density at radius 1 is 0.944 bits per heavy atom. The summed E-state index contributed by atoms with van der Waals surface area (Å²) in [7, 11) is 0. The van der Waals surface area contributed by atoms with Crippen LogP contribution in [0.4, 0.5) is 10.3 Å². The van der Waals surface area contributed by atoms with E-state index < -0.39 is 6.10 Å². The number of aromatic nitrogens is 5. The number of rotatable bonds is 12. The molecule has 0 spiro atoms. The summed E-state index contributed by atoms with van der Waals surface area (Å²) in [5.74, 6) is -0.361. The molecule has 4 heterocycles. The zero-order valence-electron chi connectivity index (χ0n) is 19.5. The lowest BCUT2D eigenvalue weighted by Gasteiger charge is -2.07. The first-order valence-corrected chi connectivity index (χ1v) is 13.2. The predicted octanol–water partition coefficient (Wildman–Crippen LogP) is 2.97. The summed E-state index contributed by atoms with van der Waals surface area (Å²) in [4.78, 5) is 32.7. The second kappa shape index (κ2) is 13.0. The Morgan fingerprint density at radius 3 is 2.19 bits per heavy atom. The van der Waals surface area contributed by atoms with Crippen molar-refractivity contribution in [3.63, 3.8) is 0 Å². The third kappa shape index (κ3) is 8.36. The topological polar surface area (TPSA) is 155 Å². The smallest absolute Gasteiger partial charge is 0.232 e. The van der Waals surface area contributed by atoms with E-state index in [1.54, 1.807) is 24.5 Å². The van der Waals surface area contributed by atoms with Crippen LogP contribution in [0.25, 0.3) is 0 Å². The molecule has 11 nitrogen and oxygen atoms in total. The maximum Gasteiger partial charge on any atom is 0.232 e. The van der Waals surface area contributed by atoms with E-state index in [4.69, 9.17) is 0 Å². The van der Waals surface area contributed by atoms with Gasteiger partial charge in [0.1, 0.15) is 10.0 Å². The van der Waals surface area contributed by atoms with Gasteiger partial charge in [-0.05, 0) is 37.8 Å². The highest BCUT2D eigenvalue weighted by molar-refractivity contribution is 7.15. The lowest BCUT2D eigenvalue weighted by atomic mass is 10.1. The molecule has 3 aromatic heterocycles. The molecule has 0 aliphatic carbocycles. The molecule has 36 heavy (non-hydrogen) atoms. The number of pyridine rings is 1. The van der Waals surface area contributed by atoms with Gasteiger partial charge >= 0.3 is 0 Å². The number of carbonyl (C=O) groups excluding carboxylic acids is 2. The lowest BCUT2D eigenvalue weighted by Crippen LogP contribution is -2.16. The summed E-state index contributed by atoms with van der Waals surface area (Å²) < 4.78 is 0. The largest absolute Gasteiger partial charge is 0.393 e. The number of anilines is 2. The first-order chi connectivity index (χ1) is 17.5. The molecule has 1 aliphatic rings. The van der Waals surface area contributed by atoms with E-state index >= 15 is 0 Å². The van der Waals surface area contributed by atoms with Crippen LogP contribution in [-0.4, -0.2) is 54.1 Å². The molecule has 1 atom stereocenters. The highest BCUT2D eigenvalue weighted by atomic mass is 32.1. The molecule has 0 bridgehead atoms. The van der Waals surface area contributed by atoms with Crippen molar-refractivity contribution in [1.82, 2.24) is 25.4 Å². The maximum absolute atomic E-state index is 12.2. The molecular weight excluding hydrogens is 500 g/mol. The number of hydrogen-bond acceptors (Lipinski definition) is 11. The van der Waals surface area contributed by atoms with E-state index in [9.17, 15) is 14.7 Å². The van der Waals surface area contributed by atoms with E-state index in [0.717, 1.165) is 28.6 Å². The number of allylic oxidation sites excluding steroid dienone is 1. The van der Waals surface area contributed by atoms with Crippen molar-refractivity contribution in [2.75, 3.05) is 10.6 Å². The quantitative estimate of drug-likeness (QED) is 0.325. The first kappa shape index (κ1) is 25.7. The molecule has 188 valence electrons. The second-order valence-corrected chi connectivity index (χ2v) is 10.2. The average Bonchev–Trinajstić information content (AvgIpc) is 3.51. The fourth-order valence-electron chi connectivity index (χ4n) is 3.40. The Hall–Kier alpha value is -3.42. The minimum atomic E-state index is -0.546. The molecule has 0 saturated heterocycles. The van der Waals surface area contributed by atoms with Crippen molar-refractivity contribution >= 4 is 50.5 Å². The van der Waals surface area contributed by atoms with Crippen LogP contribution in [0.5, 0.6) is 0 Å². The Bertz CT molecular complexity index is 1220. The SMILES string of the molecule is O=C(CC1=NC=CCC1)Nc1nnc(CCC(O)CCc2nnc(NC(=O)Cc3ccccn3)s2)s1. The van der Waals surface area contributed by atoms with Crippen molar-refractivity contribution < 1.29 is 14.7 Å². The minimum absolute atomic E-state index is 0.156. The number of nitrogens with one attached hydrogen (secondary N) is 2. The highest BCUT2D eigenvalue weighted by Gasteiger charge is 2.14. The van der Waals surface area contributed by atoms with Crippen LogP contribution in [0.15, 0.2) is 41.7 Å². The third-order valence-electron chi connectivity index (χ3n) is 5.20. The zero-order chi connectivity index (χ0) is 25.2. The van der Waals surface area contributed by atoms with Gasteiger partial charge < -0.3 is 15.7 Å². The molecule has 2 amide bonds. The highest BCUT2D eigenvalue weighted by Crippen LogP contribution is 2.21. The fourth-order valence-corrected chi connectivity index (χ4v) is 4.94. The van der Waals surface area contributed by atoms with Gasteiger partial charge in [0.15, 0.2) is 0 Å². The van der Waals surface area contributed by atoms with Gasteiger partial charge in [-0.25, -0.2) is 0 Å². The van der Waals surface area contributed by atoms with Crippen molar-refractivity contribution in [3.8, 4) is 0 Å². The number of carbonyl (C=O) groups is 2. The summed E-state index contributed by atoms with van der Waals surface area (Å²) in [6.45, 7) is 0. The van der Waals surface area contributed by atoms with Gasteiger partial charge in [-0.15, -0.1) is 20.4 Å². The summed E-state index contributed by atoms with van der Waals surface area (Å²) in [5.41, 5.74) is 1.54. The number of hydrogen-bond donors (Lipinski definition) is 3. The van der Waals surface area contributed by atoms with E-state index in [1.165, 1.54) is 22.7 Å². The molecule has 0 radical (unpaired) electrons. The number of aliphatic hydroxyl groups excluding tert-OH is 1. The Labute approximate surface area is 215 Å². The molecule has 0 saturated carbocycles. The van der Waals surface area contributed by atoms with Crippen LogP contribution in [0.3, 0.4) is 0 Å². The molecule has 0 aromatic carbocycles. The molecule has 13 heteroatoms. The summed E-state index contributed by atoms with van der Waals surface area (Å²) >= 11 is 2.60. The second-order valence-electron chi connectivity index (χ2n) is 8.12.